The first-order valence-corrected chi connectivity index (χ1v) is 6.54. The Morgan fingerprint density at radius 2 is 2.00 bits per heavy atom. The molecule has 2 rings (SSSR count). The van der Waals surface area contributed by atoms with Gasteiger partial charge in [0.15, 0.2) is 0 Å². The number of nitrogens with one attached hydrogen (secondary N) is 1. The van der Waals surface area contributed by atoms with Gasteiger partial charge in [0.25, 0.3) is 0 Å². The second-order valence-electron chi connectivity index (χ2n) is 4.61. The van der Waals surface area contributed by atoms with Crippen molar-refractivity contribution in [3.05, 3.63) is 34.9 Å². The maximum absolute atomic E-state index is 11.9. The van der Waals surface area contributed by atoms with Gasteiger partial charge in [-0.1, -0.05) is 6.07 Å². The topological polar surface area (TPSA) is 95.9 Å². The van der Waals surface area contributed by atoms with Crippen LogP contribution in [0.1, 0.15) is 28.4 Å². The normalized spacial score (nSPS) is 12.7. The predicted octanol–water partition coefficient (Wildman–Crippen LogP) is 0.973. The van der Waals surface area contributed by atoms with Crippen LogP contribution in [-0.4, -0.2) is 41.1 Å². The van der Waals surface area contributed by atoms with Gasteiger partial charge in [-0.05, 0) is 30.2 Å². The monoisotopic (exact) mass is 292 g/mol. The Morgan fingerprint density at radius 3 is 2.67 bits per heavy atom. The Hall–Kier alpha value is -2.57. The van der Waals surface area contributed by atoms with Crippen molar-refractivity contribution in [3.8, 4) is 0 Å². The summed E-state index contributed by atoms with van der Waals surface area (Å²) >= 11 is 0. The molecule has 112 valence electrons. The molecule has 0 atom stereocenters. The summed E-state index contributed by atoms with van der Waals surface area (Å²) in [6, 6.07) is 4.41. The summed E-state index contributed by atoms with van der Waals surface area (Å²) in [7, 11) is 0. The van der Waals surface area contributed by atoms with Crippen molar-refractivity contribution in [3.63, 3.8) is 0 Å². The van der Waals surface area contributed by atoms with Crippen LogP contribution < -0.4 is 5.32 Å². The van der Waals surface area contributed by atoms with Gasteiger partial charge in [0.1, 0.15) is 6.54 Å². The third kappa shape index (κ3) is 3.50. The molecule has 0 unspecified atom stereocenters. The van der Waals surface area contributed by atoms with Crippen molar-refractivity contribution >= 4 is 18.0 Å². The van der Waals surface area contributed by atoms with Crippen LogP contribution in [0.3, 0.4) is 0 Å². The molecule has 1 aliphatic heterocycles. The molecule has 0 saturated carbocycles. The van der Waals surface area contributed by atoms with Gasteiger partial charge in [0.2, 0.25) is 0 Å². The van der Waals surface area contributed by atoms with Gasteiger partial charge in [-0.15, -0.1) is 0 Å². The number of esters is 1. The van der Waals surface area contributed by atoms with E-state index in [1.54, 1.807) is 19.1 Å². The first-order chi connectivity index (χ1) is 10.0. The Balaban J connectivity index is 1.94. The number of rotatable bonds is 4. The van der Waals surface area contributed by atoms with E-state index in [9.17, 15) is 14.4 Å². The number of benzene rings is 1. The Kier molecular flexibility index (Phi) is 4.42. The lowest BCUT2D eigenvalue weighted by Gasteiger charge is -2.15. The van der Waals surface area contributed by atoms with E-state index in [1.807, 2.05) is 0 Å². The number of nitrogens with zero attached hydrogens (tertiary/aromatic N) is 1. The highest BCUT2D eigenvalue weighted by Gasteiger charge is 2.24. The molecule has 1 aromatic rings. The summed E-state index contributed by atoms with van der Waals surface area (Å²) in [4.78, 5) is 35.5. The van der Waals surface area contributed by atoms with E-state index in [0.29, 0.717) is 13.1 Å². The molecule has 0 radical (unpaired) electrons. The summed E-state index contributed by atoms with van der Waals surface area (Å²) in [5.74, 6) is -1.49. The molecule has 0 aliphatic carbocycles. The van der Waals surface area contributed by atoms with Crippen LogP contribution in [0.25, 0.3) is 0 Å². The number of urea groups is 1. The Morgan fingerprint density at radius 1 is 1.29 bits per heavy atom. The summed E-state index contributed by atoms with van der Waals surface area (Å²) in [5, 5.41) is 11.4. The van der Waals surface area contributed by atoms with Gasteiger partial charge in [0, 0.05) is 13.1 Å². The zero-order valence-electron chi connectivity index (χ0n) is 11.6. The lowest BCUT2D eigenvalue weighted by atomic mass is 10.1. The number of carbonyl (C=O) groups excluding carboxylic acids is 2. The largest absolute Gasteiger partial charge is 0.478 e. The lowest BCUT2D eigenvalue weighted by Crippen LogP contribution is -2.39. The zero-order valence-corrected chi connectivity index (χ0v) is 11.6. The molecular formula is C14H16N2O5. The lowest BCUT2D eigenvalue weighted by molar-refractivity contribution is -0.141. The highest BCUT2D eigenvalue weighted by Crippen LogP contribution is 2.23. The number of aromatic carboxylic acids is 1. The number of fused-ring (bicyclic) bond motifs is 1. The van der Waals surface area contributed by atoms with Crippen LogP contribution >= 0.6 is 0 Å². The maximum atomic E-state index is 11.9. The van der Waals surface area contributed by atoms with E-state index < -0.39 is 11.9 Å². The summed E-state index contributed by atoms with van der Waals surface area (Å²) in [6.07, 6.45) is 0. The molecular weight excluding hydrogens is 276 g/mol. The minimum Gasteiger partial charge on any atom is -0.478 e. The van der Waals surface area contributed by atoms with Gasteiger partial charge in [-0.2, -0.15) is 0 Å². The molecule has 0 bridgehead atoms. The van der Waals surface area contributed by atoms with Crippen LogP contribution in [0.5, 0.6) is 0 Å². The summed E-state index contributed by atoms with van der Waals surface area (Å²) in [5.41, 5.74) is 1.91. The van der Waals surface area contributed by atoms with Crippen molar-refractivity contribution in [2.45, 2.75) is 20.0 Å². The fourth-order valence-corrected chi connectivity index (χ4v) is 2.14. The van der Waals surface area contributed by atoms with E-state index in [0.717, 1.165) is 11.1 Å². The van der Waals surface area contributed by atoms with Gasteiger partial charge in [-0.25, -0.2) is 9.59 Å². The van der Waals surface area contributed by atoms with Gasteiger partial charge >= 0.3 is 18.0 Å². The second kappa shape index (κ2) is 6.25. The molecule has 0 fully saturated rings. The average Bonchev–Trinajstić information content (AvgIpc) is 2.87. The van der Waals surface area contributed by atoms with Crippen molar-refractivity contribution in [2.75, 3.05) is 13.2 Å². The van der Waals surface area contributed by atoms with Gasteiger partial charge < -0.3 is 20.1 Å². The maximum Gasteiger partial charge on any atom is 0.335 e. The quantitative estimate of drug-likeness (QED) is 0.806. The van der Waals surface area contributed by atoms with E-state index >= 15 is 0 Å². The number of carboxylic acid groups (broad SMARTS) is 1. The van der Waals surface area contributed by atoms with E-state index in [2.05, 4.69) is 5.32 Å². The van der Waals surface area contributed by atoms with Crippen LogP contribution in [-0.2, 0) is 22.6 Å². The number of hydrogen-bond acceptors (Lipinski definition) is 4. The van der Waals surface area contributed by atoms with E-state index in [1.165, 1.54) is 11.0 Å². The van der Waals surface area contributed by atoms with Crippen molar-refractivity contribution in [2.24, 2.45) is 0 Å². The SMILES string of the molecule is CCOC(=O)CNC(=O)N1Cc2ccc(C(=O)O)cc2C1. The van der Waals surface area contributed by atoms with Crippen molar-refractivity contribution in [1.29, 1.82) is 0 Å². The molecule has 2 amide bonds. The molecule has 2 N–H and O–H groups in total. The standard InChI is InChI=1S/C14H16N2O5/c1-2-21-12(17)6-15-14(20)16-7-10-4-3-9(13(18)19)5-11(10)8-16/h3-5H,2,6-8H2,1H3,(H,15,20)(H,18,19). The van der Waals surface area contributed by atoms with Crippen LogP contribution in [0.4, 0.5) is 4.79 Å². The van der Waals surface area contributed by atoms with Crippen molar-refractivity contribution < 1.29 is 24.2 Å². The Labute approximate surface area is 121 Å². The van der Waals surface area contributed by atoms with Crippen LogP contribution in [0, 0.1) is 0 Å². The first-order valence-electron chi connectivity index (χ1n) is 6.54. The molecule has 21 heavy (non-hydrogen) atoms. The number of carboxylic acids is 1. The molecule has 7 nitrogen and oxygen atoms in total. The number of hydrogen-bond donors (Lipinski definition) is 2. The highest BCUT2D eigenvalue weighted by molar-refractivity contribution is 5.88. The summed E-state index contributed by atoms with van der Waals surface area (Å²) in [6.45, 7) is 2.49. The minimum atomic E-state index is -0.997. The summed E-state index contributed by atoms with van der Waals surface area (Å²) < 4.78 is 4.72. The fraction of sp³-hybridized carbons (Fsp3) is 0.357. The molecule has 7 heteroatoms. The van der Waals surface area contributed by atoms with E-state index in [-0.39, 0.29) is 24.7 Å². The number of ether oxygens (including phenoxy) is 1. The second-order valence-corrected chi connectivity index (χ2v) is 4.61. The fourth-order valence-electron chi connectivity index (χ4n) is 2.14. The van der Waals surface area contributed by atoms with Crippen molar-refractivity contribution in [1.82, 2.24) is 10.2 Å². The first kappa shape index (κ1) is 14.8. The average molecular weight is 292 g/mol. The third-order valence-electron chi connectivity index (χ3n) is 3.15. The molecule has 1 heterocycles. The van der Waals surface area contributed by atoms with Gasteiger partial charge in [-0.3, -0.25) is 4.79 Å². The molecule has 1 aliphatic rings. The number of amides is 2. The van der Waals surface area contributed by atoms with Crippen LogP contribution in [0.2, 0.25) is 0 Å². The van der Waals surface area contributed by atoms with Gasteiger partial charge in [0.05, 0.1) is 12.2 Å². The molecule has 0 saturated heterocycles. The highest BCUT2D eigenvalue weighted by atomic mass is 16.5. The zero-order chi connectivity index (χ0) is 15.4. The predicted molar refractivity (Wildman–Crippen MR) is 72.7 cm³/mol. The number of carbonyl (C=O) groups is 3. The molecule has 1 aromatic carbocycles. The van der Waals surface area contributed by atoms with E-state index in [4.69, 9.17) is 9.84 Å². The molecule has 0 spiro atoms. The smallest absolute Gasteiger partial charge is 0.335 e. The minimum absolute atomic E-state index is 0.181. The van der Waals surface area contributed by atoms with Crippen LogP contribution in [0.15, 0.2) is 18.2 Å². The Bertz CT molecular complexity index is 585. The third-order valence-corrected chi connectivity index (χ3v) is 3.15. The molecule has 0 aromatic heterocycles.